The minimum absolute atomic E-state index is 0.219. The molecule has 0 radical (unpaired) electrons. The fourth-order valence-corrected chi connectivity index (χ4v) is 3.65. The van der Waals surface area contributed by atoms with Crippen LogP contribution >= 0.6 is 0 Å². The topological polar surface area (TPSA) is 95.5 Å². The molecule has 1 amide bonds. The van der Waals surface area contributed by atoms with Gasteiger partial charge >= 0.3 is 0 Å². The fourth-order valence-electron chi connectivity index (χ4n) is 3.65. The lowest BCUT2D eigenvalue weighted by Gasteiger charge is -2.47. The zero-order valence-electron chi connectivity index (χ0n) is 16.8. The molecule has 2 aliphatic rings. The first-order valence-corrected chi connectivity index (χ1v) is 9.78. The molecule has 2 heterocycles. The molecule has 0 bridgehead atoms. The van der Waals surface area contributed by atoms with Gasteiger partial charge in [-0.25, -0.2) is 0 Å². The van der Waals surface area contributed by atoms with E-state index in [1.165, 1.54) is 6.92 Å². The van der Waals surface area contributed by atoms with Crippen LogP contribution in [0.5, 0.6) is 11.5 Å². The van der Waals surface area contributed by atoms with Crippen molar-refractivity contribution < 1.29 is 33.6 Å². The maximum atomic E-state index is 11.8. The van der Waals surface area contributed by atoms with E-state index in [1.54, 1.807) is 31.4 Å². The van der Waals surface area contributed by atoms with E-state index in [4.69, 9.17) is 23.7 Å². The number of hydrogen-bond acceptors (Lipinski definition) is 7. The summed E-state index contributed by atoms with van der Waals surface area (Å²) in [7, 11) is 1.58. The Morgan fingerprint density at radius 3 is 2.43 bits per heavy atom. The van der Waals surface area contributed by atoms with Gasteiger partial charge in [-0.15, -0.1) is 0 Å². The molecular weight excluding hydrogens is 390 g/mol. The first-order valence-electron chi connectivity index (χ1n) is 9.78. The number of hydrogen-bond donors (Lipinski definition) is 2. The van der Waals surface area contributed by atoms with Crippen LogP contribution in [0.3, 0.4) is 0 Å². The summed E-state index contributed by atoms with van der Waals surface area (Å²) >= 11 is 0. The highest BCUT2D eigenvalue weighted by Gasteiger charge is 2.50. The van der Waals surface area contributed by atoms with Crippen molar-refractivity contribution in [3.8, 4) is 11.5 Å². The summed E-state index contributed by atoms with van der Waals surface area (Å²) in [5.74, 6) is 0.893. The molecule has 4 rings (SSSR count). The lowest BCUT2D eigenvalue weighted by molar-refractivity contribution is -0.333. The second-order valence-corrected chi connectivity index (χ2v) is 7.23. The van der Waals surface area contributed by atoms with Crippen LogP contribution in [-0.2, 0) is 19.0 Å². The average molecular weight is 415 g/mol. The maximum Gasteiger partial charge on any atom is 0.223 e. The third-order valence-corrected chi connectivity index (χ3v) is 5.12. The van der Waals surface area contributed by atoms with Gasteiger partial charge in [0.05, 0.1) is 13.7 Å². The number of amides is 1. The molecule has 8 heteroatoms. The molecule has 2 aromatic carbocycles. The summed E-state index contributed by atoms with van der Waals surface area (Å²) in [4.78, 5) is 11.8. The zero-order valence-corrected chi connectivity index (χ0v) is 16.8. The predicted octanol–water partition coefficient (Wildman–Crippen LogP) is 1.78. The van der Waals surface area contributed by atoms with Gasteiger partial charge in [0.2, 0.25) is 12.2 Å². The Labute approximate surface area is 174 Å². The fraction of sp³-hybridized carbons (Fsp3) is 0.409. The van der Waals surface area contributed by atoms with Gasteiger partial charge in [-0.3, -0.25) is 4.79 Å². The van der Waals surface area contributed by atoms with Crippen molar-refractivity contribution in [2.75, 3.05) is 13.7 Å². The van der Waals surface area contributed by atoms with Gasteiger partial charge in [0.25, 0.3) is 0 Å². The molecule has 6 atom stereocenters. The summed E-state index contributed by atoms with van der Waals surface area (Å²) in [6.07, 6.45) is -3.82. The van der Waals surface area contributed by atoms with Crippen LogP contribution in [-0.4, -0.2) is 55.4 Å². The van der Waals surface area contributed by atoms with Gasteiger partial charge in [0.15, 0.2) is 6.29 Å². The Morgan fingerprint density at radius 1 is 1.07 bits per heavy atom. The summed E-state index contributed by atoms with van der Waals surface area (Å²) in [6.45, 7) is 1.59. The van der Waals surface area contributed by atoms with E-state index in [0.29, 0.717) is 11.5 Å². The smallest absolute Gasteiger partial charge is 0.223 e. The molecule has 0 unspecified atom stereocenters. The first-order chi connectivity index (χ1) is 14.5. The van der Waals surface area contributed by atoms with Crippen molar-refractivity contribution in [1.82, 2.24) is 5.32 Å². The number of carbonyl (C=O) groups is 1. The quantitative estimate of drug-likeness (QED) is 0.769. The van der Waals surface area contributed by atoms with E-state index < -0.39 is 36.9 Å². The van der Waals surface area contributed by atoms with Crippen molar-refractivity contribution in [3.05, 3.63) is 60.2 Å². The van der Waals surface area contributed by atoms with Crippen molar-refractivity contribution in [1.29, 1.82) is 0 Å². The van der Waals surface area contributed by atoms with Crippen molar-refractivity contribution >= 4 is 5.91 Å². The van der Waals surface area contributed by atoms with Gasteiger partial charge in [-0.2, -0.15) is 0 Å². The summed E-state index contributed by atoms with van der Waals surface area (Å²) < 4.78 is 28.9. The van der Waals surface area contributed by atoms with Crippen LogP contribution < -0.4 is 14.8 Å². The standard InChI is InChI=1S/C22H25NO7/c1-13(24)23-18-19(25)20-17(12-27-21(30-20)14-6-4-3-5-7-14)29-22(18)28-16-10-8-15(26-2)9-11-16/h3-11,17-22,25H,12H2,1-2H3,(H,23,24)/t17-,18+,19+,20+,21+,22-/m1/s1. The molecule has 8 nitrogen and oxygen atoms in total. The number of methoxy groups -OCH3 is 1. The number of fused-ring (bicyclic) bond motifs is 1. The SMILES string of the molecule is COc1ccc(O[C@@H]2O[C@@H]3CO[C@H](c4ccccc4)O[C@@H]3[C@@H](O)[C@@H]2NC(C)=O)cc1. The Hall–Kier alpha value is -2.65. The Kier molecular flexibility index (Phi) is 6.19. The molecule has 2 aliphatic heterocycles. The average Bonchev–Trinajstić information content (AvgIpc) is 2.77. The van der Waals surface area contributed by atoms with E-state index >= 15 is 0 Å². The normalized spacial score (nSPS) is 30.8. The predicted molar refractivity (Wildman–Crippen MR) is 106 cm³/mol. The highest BCUT2D eigenvalue weighted by Crippen LogP contribution is 2.35. The van der Waals surface area contributed by atoms with Crippen LogP contribution in [0.15, 0.2) is 54.6 Å². The zero-order chi connectivity index (χ0) is 21.1. The largest absolute Gasteiger partial charge is 0.497 e. The van der Waals surface area contributed by atoms with Crippen molar-refractivity contribution in [2.24, 2.45) is 0 Å². The minimum Gasteiger partial charge on any atom is -0.497 e. The highest BCUT2D eigenvalue weighted by atomic mass is 16.7. The van der Waals surface area contributed by atoms with Crippen molar-refractivity contribution in [2.45, 2.75) is 43.9 Å². The molecule has 0 spiro atoms. The van der Waals surface area contributed by atoms with Crippen LogP contribution in [0.2, 0.25) is 0 Å². The summed E-state index contributed by atoms with van der Waals surface area (Å²) in [5, 5.41) is 13.8. The monoisotopic (exact) mass is 415 g/mol. The molecule has 2 fully saturated rings. The molecule has 2 aromatic rings. The lowest BCUT2D eigenvalue weighted by atomic mass is 9.95. The molecule has 160 valence electrons. The molecule has 30 heavy (non-hydrogen) atoms. The van der Waals surface area contributed by atoms with E-state index in [2.05, 4.69) is 5.32 Å². The number of nitrogens with one attached hydrogen (secondary N) is 1. The van der Waals surface area contributed by atoms with Crippen LogP contribution in [0.1, 0.15) is 18.8 Å². The third kappa shape index (κ3) is 4.41. The Balaban J connectivity index is 1.51. The van der Waals surface area contributed by atoms with Crippen LogP contribution in [0.25, 0.3) is 0 Å². The number of aliphatic hydroxyl groups is 1. The lowest BCUT2D eigenvalue weighted by Crippen LogP contribution is -2.67. The van der Waals surface area contributed by atoms with Gasteiger partial charge < -0.3 is 34.1 Å². The van der Waals surface area contributed by atoms with Gasteiger partial charge in [0.1, 0.15) is 35.9 Å². The van der Waals surface area contributed by atoms with Gasteiger partial charge in [-0.1, -0.05) is 30.3 Å². The van der Waals surface area contributed by atoms with Gasteiger partial charge in [-0.05, 0) is 24.3 Å². The van der Waals surface area contributed by atoms with Crippen LogP contribution in [0, 0.1) is 0 Å². The number of ether oxygens (including phenoxy) is 5. The number of carbonyl (C=O) groups excluding carboxylic acids is 1. The van der Waals surface area contributed by atoms with E-state index in [9.17, 15) is 9.90 Å². The van der Waals surface area contributed by atoms with E-state index in [1.807, 2.05) is 30.3 Å². The second kappa shape index (κ2) is 9.01. The number of benzene rings is 2. The molecule has 0 saturated carbocycles. The minimum atomic E-state index is -1.05. The highest BCUT2D eigenvalue weighted by molar-refractivity contribution is 5.73. The summed E-state index contributed by atoms with van der Waals surface area (Å²) in [6, 6.07) is 15.6. The Bertz CT molecular complexity index is 844. The molecule has 2 saturated heterocycles. The maximum absolute atomic E-state index is 11.8. The van der Waals surface area contributed by atoms with E-state index in [-0.39, 0.29) is 12.5 Å². The van der Waals surface area contributed by atoms with Crippen LogP contribution in [0.4, 0.5) is 0 Å². The third-order valence-electron chi connectivity index (χ3n) is 5.12. The Morgan fingerprint density at radius 2 is 1.77 bits per heavy atom. The number of aliphatic hydroxyl groups excluding tert-OH is 1. The molecule has 2 N–H and O–H groups in total. The van der Waals surface area contributed by atoms with Crippen molar-refractivity contribution in [3.63, 3.8) is 0 Å². The second-order valence-electron chi connectivity index (χ2n) is 7.23. The van der Waals surface area contributed by atoms with Gasteiger partial charge in [0, 0.05) is 12.5 Å². The molecule has 0 aromatic heterocycles. The first kappa shape index (κ1) is 20.6. The molecule has 0 aliphatic carbocycles. The number of rotatable bonds is 5. The van der Waals surface area contributed by atoms with E-state index in [0.717, 1.165) is 5.56 Å². The molecular formula is C22H25NO7. The summed E-state index contributed by atoms with van der Waals surface area (Å²) in [5.41, 5.74) is 0.843.